The molecule has 92 valence electrons. The molecule has 0 unspecified atom stereocenters. The molecule has 0 aliphatic rings. The minimum Gasteiger partial charge on any atom is -0.397 e. The van der Waals surface area contributed by atoms with E-state index in [0.29, 0.717) is 22.6 Å². The van der Waals surface area contributed by atoms with Crippen LogP contribution in [-0.4, -0.2) is 0 Å². The Kier molecular flexibility index (Phi) is 3.31. The summed E-state index contributed by atoms with van der Waals surface area (Å²) in [5, 5.41) is 20.7. The van der Waals surface area contributed by atoms with Crippen molar-refractivity contribution < 1.29 is 4.39 Å². The van der Waals surface area contributed by atoms with Gasteiger partial charge >= 0.3 is 0 Å². The highest BCUT2D eigenvalue weighted by atomic mass is 19.1. The second kappa shape index (κ2) is 5.07. The van der Waals surface area contributed by atoms with Crippen LogP contribution in [0, 0.1) is 28.5 Å². The molecule has 3 N–H and O–H groups in total. The summed E-state index contributed by atoms with van der Waals surface area (Å²) in [5.74, 6) is -0.411. The fourth-order valence-electron chi connectivity index (χ4n) is 1.60. The molecule has 2 rings (SSSR count). The van der Waals surface area contributed by atoms with Crippen LogP contribution >= 0.6 is 0 Å². The van der Waals surface area contributed by atoms with E-state index in [9.17, 15) is 4.39 Å². The predicted molar refractivity (Wildman–Crippen MR) is 70.0 cm³/mol. The monoisotopic (exact) mass is 252 g/mol. The van der Waals surface area contributed by atoms with Crippen LogP contribution in [0.25, 0.3) is 0 Å². The third-order valence-electron chi connectivity index (χ3n) is 2.55. The fourth-order valence-corrected chi connectivity index (χ4v) is 1.60. The van der Waals surface area contributed by atoms with E-state index < -0.39 is 5.82 Å². The van der Waals surface area contributed by atoms with Crippen molar-refractivity contribution >= 4 is 17.1 Å². The Bertz CT molecular complexity index is 710. The molecular weight excluding hydrogens is 243 g/mol. The summed E-state index contributed by atoms with van der Waals surface area (Å²) in [5.41, 5.74) is 7.63. The quantitative estimate of drug-likeness (QED) is 0.804. The van der Waals surface area contributed by atoms with Gasteiger partial charge in [-0.25, -0.2) is 4.39 Å². The van der Waals surface area contributed by atoms with Gasteiger partial charge in [-0.2, -0.15) is 10.5 Å². The Morgan fingerprint density at radius 1 is 1.00 bits per heavy atom. The van der Waals surface area contributed by atoms with Gasteiger partial charge < -0.3 is 11.1 Å². The molecule has 0 saturated heterocycles. The normalized spacial score (nSPS) is 9.42. The van der Waals surface area contributed by atoms with Gasteiger partial charge in [-0.3, -0.25) is 0 Å². The summed E-state index contributed by atoms with van der Waals surface area (Å²) in [6.07, 6.45) is 0. The van der Waals surface area contributed by atoms with Crippen molar-refractivity contribution in [3.8, 4) is 12.1 Å². The maximum Gasteiger partial charge on any atom is 0.125 e. The van der Waals surface area contributed by atoms with Gasteiger partial charge in [0.15, 0.2) is 0 Å². The molecule has 19 heavy (non-hydrogen) atoms. The Labute approximate surface area is 109 Å². The number of nitrogens with zero attached hydrogens (tertiary/aromatic N) is 2. The lowest BCUT2D eigenvalue weighted by Crippen LogP contribution is -1.98. The highest BCUT2D eigenvalue weighted by Gasteiger charge is 2.05. The lowest BCUT2D eigenvalue weighted by atomic mass is 10.1. The molecule has 5 heteroatoms. The van der Waals surface area contributed by atoms with Gasteiger partial charge in [0.25, 0.3) is 0 Å². The van der Waals surface area contributed by atoms with E-state index in [4.69, 9.17) is 16.3 Å². The number of anilines is 3. The summed E-state index contributed by atoms with van der Waals surface area (Å²) in [6.45, 7) is 0. The molecular formula is C14H9FN4. The standard InChI is InChI=1S/C14H9FN4/c15-11-2-4-13(18)14(6-11)19-12-3-1-9(7-16)10(5-12)8-17/h1-6,19H,18H2. The molecule has 0 heterocycles. The smallest absolute Gasteiger partial charge is 0.125 e. The lowest BCUT2D eigenvalue weighted by molar-refractivity contribution is 0.628. The van der Waals surface area contributed by atoms with Crippen LogP contribution in [0.15, 0.2) is 36.4 Å². The van der Waals surface area contributed by atoms with E-state index in [0.717, 1.165) is 0 Å². The second-order valence-corrected chi connectivity index (χ2v) is 3.84. The van der Waals surface area contributed by atoms with Crippen LogP contribution in [-0.2, 0) is 0 Å². The molecule has 0 fully saturated rings. The molecule has 0 saturated carbocycles. The van der Waals surface area contributed by atoms with Crippen molar-refractivity contribution in [3.63, 3.8) is 0 Å². The summed E-state index contributed by atoms with van der Waals surface area (Å²) in [4.78, 5) is 0. The Hall–Kier alpha value is -3.05. The average molecular weight is 252 g/mol. The molecule has 2 aromatic rings. The average Bonchev–Trinajstić information content (AvgIpc) is 2.42. The Morgan fingerprint density at radius 3 is 2.42 bits per heavy atom. The molecule has 0 atom stereocenters. The van der Waals surface area contributed by atoms with Crippen molar-refractivity contribution in [1.29, 1.82) is 10.5 Å². The SMILES string of the molecule is N#Cc1ccc(Nc2cc(F)ccc2N)cc1C#N. The summed E-state index contributed by atoms with van der Waals surface area (Å²) in [7, 11) is 0. The Morgan fingerprint density at radius 2 is 1.74 bits per heavy atom. The van der Waals surface area contributed by atoms with Gasteiger partial charge in [-0.15, -0.1) is 0 Å². The van der Waals surface area contributed by atoms with E-state index >= 15 is 0 Å². The zero-order valence-electron chi connectivity index (χ0n) is 9.81. The molecule has 0 bridgehead atoms. The number of benzene rings is 2. The zero-order valence-corrected chi connectivity index (χ0v) is 9.81. The van der Waals surface area contributed by atoms with Crippen molar-refractivity contribution in [3.05, 3.63) is 53.3 Å². The molecule has 0 amide bonds. The highest BCUT2D eigenvalue weighted by Crippen LogP contribution is 2.25. The van der Waals surface area contributed by atoms with Gasteiger partial charge in [0.1, 0.15) is 18.0 Å². The van der Waals surface area contributed by atoms with Crippen LogP contribution in [0.5, 0.6) is 0 Å². The number of nitrogens with one attached hydrogen (secondary N) is 1. The molecule has 0 radical (unpaired) electrons. The van der Waals surface area contributed by atoms with Crippen LogP contribution in [0.3, 0.4) is 0 Å². The lowest BCUT2D eigenvalue weighted by Gasteiger charge is -2.10. The van der Waals surface area contributed by atoms with Crippen LogP contribution in [0.4, 0.5) is 21.5 Å². The van der Waals surface area contributed by atoms with Gasteiger partial charge in [0.2, 0.25) is 0 Å². The first-order valence-electron chi connectivity index (χ1n) is 5.40. The molecule has 0 spiro atoms. The van der Waals surface area contributed by atoms with Crippen molar-refractivity contribution in [2.24, 2.45) is 0 Å². The first-order chi connectivity index (χ1) is 9.13. The number of nitriles is 2. The number of rotatable bonds is 2. The third-order valence-corrected chi connectivity index (χ3v) is 2.55. The fraction of sp³-hybridized carbons (Fsp3) is 0. The van der Waals surface area contributed by atoms with E-state index in [1.54, 1.807) is 6.07 Å². The predicted octanol–water partition coefficient (Wildman–Crippen LogP) is 2.89. The molecule has 0 aromatic heterocycles. The van der Waals surface area contributed by atoms with Crippen LogP contribution in [0.2, 0.25) is 0 Å². The van der Waals surface area contributed by atoms with Crippen molar-refractivity contribution in [2.45, 2.75) is 0 Å². The molecule has 4 nitrogen and oxygen atoms in total. The number of hydrogen-bond acceptors (Lipinski definition) is 4. The van der Waals surface area contributed by atoms with E-state index in [1.165, 1.54) is 30.3 Å². The number of nitrogen functional groups attached to an aromatic ring is 1. The van der Waals surface area contributed by atoms with E-state index in [-0.39, 0.29) is 5.56 Å². The van der Waals surface area contributed by atoms with E-state index in [2.05, 4.69) is 5.32 Å². The van der Waals surface area contributed by atoms with E-state index in [1.807, 2.05) is 12.1 Å². The summed E-state index contributed by atoms with van der Waals surface area (Å²) >= 11 is 0. The number of nitrogens with two attached hydrogens (primary N) is 1. The van der Waals surface area contributed by atoms with Crippen molar-refractivity contribution in [2.75, 3.05) is 11.1 Å². The molecule has 0 aliphatic heterocycles. The first-order valence-corrected chi connectivity index (χ1v) is 5.40. The molecule has 2 aromatic carbocycles. The van der Waals surface area contributed by atoms with Gasteiger partial charge in [0, 0.05) is 5.69 Å². The van der Waals surface area contributed by atoms with Crippen molar-refractivity contribution in [1.82, 2.24) is 0 Å². The van der Waals surface area contributed by atoms with Gasteiger partial charge in [-0.1, -0.05) is 0 Å². The second-order valence-electron chi connectivity index (χ2n) is 3.84. The van der Waals surface area contributed by atoms with Gasteiger partial charge in [0.05, 0.1) is 22.5 Å². The zero-order chi connectivity index (χ0) is 13.8. The van der Waals surface area contributed by atoms with Crippen LogP contribution in [0.1, 0.15) is 11.1 Å². The highest BCUT2D eigenvalue weighted by molar-refractivity contribution is 5.73. The maximum absolute atomic E-state index is 13.1. The Balaban J connectivity index is 2.37. The number of halogens is 1. The van der Waals surface area contributed by atoms with Gasteiger partial charge in [-0.05, 0) is 36.4 Å². The third kappa shape index (κ3) is 2.62. The minimum absolute atomic E-state index is 0.252. The first kappa shape index (κ1) is 12.4. The van der Waals surface area contributed by atoms with Crippen LogP contribution < -0.4 is 11.1 Å². The topological polar surface area (TPSA) is 85.6 Å². The summed E-state index contributed by atoms with van der Waals surface area (Å²) in [6, 6.07) is 12.5. The molecule has 0 aliphatic carbocycles. The largest absolute Gasteiger partial charge is 0.397 e. The summed E-state index contributed by atoms with van der Waals surface area (Å²) < 4.78 is 13.1. The maximum atomic E-state index is 13.1. The number of hydrogen-bond donors (Lipinski definition) is 2. The minimum atomic E-state index is -0.411.